The topological polar surface area (TPSA) is 93.7 Å². The molecule has 8 nitrogen and oxygen atoms in total. The quantitative estimate of drug-likeness (QED) is 0.162. The molecule has 1 aliphatic heterocycles. The summed E-state index contributed by atoms with van der Waals surface area (Å²) in [6, 6.07) is 19.6. The highest BCUT2D eigenvalue weighted by Crippen LogP contribution is 2.35. The molecule has 3 aromatic carbocycles. The maximum atomic E-state index is 14.1. The number of ether oxygens (including phenoxy) is 2. The van der Waals surface area contributed by atoms with Crippen molar-refractivity contribution in [3.05, 3.63) is 107 Å². The number of aromatic nitrogens is 2. The number of aryl methyl sites for hydroxylation is 2. The first-order valence-corrected chi connectivity index (χ1v) is 14.9. The van der Waals surface area contributed by atoms with Gasteiger partial charge in [0.2, 0.25) is 12.7 Å². The van der Waals surface area contributed by atoms with E-state index in [1.807, 2.05) is 44.2 Å². The third-order valence-electron chi connectivity index (χ3n) is 6.99. The Bertz CT molecular complexity index is 1590. The van der Waals surface area contributed by atoms with Crippen LogP contribution < -0.4 is 14.8 Å². The fourth-order valence-electron chi connectivity index (χ4n) is 4.80. The summed E-state index contributed by atoms with van der Waals surface area (Å²) in [5, 5.41) is 3.45. The summed E-state index contributed by atoms with van der Waals surface area (Å²) in [7, 11) is 0. The minimum atomic E-state index is -0.995. The van der Waals surface area contributed by atoms with Crippen LogP contribution in [0.15, 0.2) is 78.0 Å². The van der Waals surface area contributed by atoms with Crippen molar-refractivity contribution in [1.29, 1.82) is 0 Å². The molecule has 0 bridgehead atoms. The third-order valence-corrected chi connectivity index (χ3v) is 7.82. The number of benzene rings is 3. The average molecular weight is 601 g/mol. The molecule has 1 aromatic heterocycles. The minimum Gasteiger partial charge on any atom is -0.454 e. The molecule has 2 heterocycles. The van der Waals surface area contributed by atoms with E-state index in [9.17, 15) is 14.0 Å². The number of carbonyl (C=O) groups is 2. The molecule has 0 fully saturated rings. The molecule has 5 rings (SSSR count). The molecule has 0 unspecified atom stereocenters. The predicted molar refractivity (Wildman–Crippen MR) is 164 cm³/mol. The molecule has 0 aliphatic carbocycles. The van der Waals surface area contributed by atoms with E-state index in [1.165, 1.54) is 28.8 Å². The molecule has 4 aromatic rings. The fourth-order valence-corrected chi connectivity index (χ4v) is 5.63. The molecular formula is C33H33FN4O4S. The van der Waals surface area contributed by atoms with Crippen LogP contribution in [-0.2, 0) is 16.1 Å². The van der Waals surface area contributed by atoms with E-state index in [2.05, 4.69) is 29.1 Å². The Morgan fingerprint density at radius 2 is 1.56 bits per heavy atom. The average Bonchev–Trinajstić information content (AvgIpc) is 3.44. The van der Waals surface area contributed by atoms with E-state index >= 15 is 0 Å². The number of amides is 2. The summed E-state index contributed by atoms with van der Waals surface area (Å²) in [4.78, 5) is 38.5. The van der Waals surface area contributed by atoms with Gasteiger partial charge in [0.1, 0.15) is 11.9 Å². The van der Waals surface area contributed by atoms with Crippen molar-refractivity contribution in [2.24, 2.45) is 0 Å². The largest absolute Gasteiger partial charge is 0.454 e. The van der Waals surface area contributed by atoms with Crippen LogP contribution >= 0.6 is 11.8 Å². The first-order chi connectivity index (χ1) is 20.7. The molecule has 0 spiro atoms. The molecule has 2 amide bonds. The number of rotatable bonds is 10. The Labute approximate surface area is 254 Å². The Morgan fingerprint density at radius 3 is 2.23 bits per heavy atom. The number of anilines is 1. The molecular weight excluding hydrogens is 567 g/mol. The number of hydrogen-bond acceptors (Lipinski definition) is 7. The molecule has 0 radical (unpaired) electrons. The molecule has 10 heteroatoms. The van der Waals surface area contributed by atoms with E-state index < -0.39 is 11.9 Å². The van der Waals surface area contributed by atoms with Crippen LogP contribution in [0.25, 0.3) is 0 Å². The minimum absolute atomic E-state index is 0.00195. The summed E-state index contributed by atoms with van der Waals surface area (Å²) in [5.74, 6) is 0.334. The zero-order valence-electron chi connectivity index (χ0n) is 24.5. The molecule has 0 saturated heterocycles. The van der Waals surface area contributed by atoms with Gasteiger partial charge in [-0.1, -0.05) is 62.0 Å². The Balaban J connectivity index is 1.50. The number of thioether (sulfide) groups is 1. The van der Waals surface area contributed by atoms with Gasteiger partial charge in [-0.25, -0.2) is 14.4 Å². The lowest BCUT2D eigenvalue weighted by Gasteiger charge is -2.32. The normalized spacial score (nSPS) is 12.7. The van der Waals surface area contributed by atoms with Crippen molar-refractivity contribution in [3.63, 3.8) is 0 Å². The number of carbonyl (C=O) groups excluding carboxylic acids is 2. The van der Waals surface area contributed by atoms with E-state index in [0.717, 1.165) is 17.0 Å². The highest BCUT2D eigenvalue weighted by molar-refractivity contribution is 7.99. The molecule has 1 N–H and O–H groups in total. The summed E-state index contributed by atoms with van der Waals surface area (Å²) in [5.41, 5.74) is 4.55. The monoisotopic (exact) mass is 600 g/mol. The van der Waals surface area contributed by atoms with Gasteiger partial charge >= 0.3 is 0 Å². The SMILES string of the molecule is Cc1cc(C)nc(SCC(=O)N(Cc2ccc(F)cc2)[C@H](C(=O)Nc2ccc3c(c2)OCO3)c2ccc(C(C)C)cc2)n1. The van der Waals surface area contributed by atoms with Crippen LogP contribution in [0.3, 0.4) is 0 Å². The Morgan fingerprint density at radius 1 is 0.907 bits per heavy atom. The van der Waals surface area contributed by atoms with Gasteiger partial charge in [-0.3, -0.25) is 9.59 Å². The highest BCUT2D eigenvalue weighted by atomic mass is 32.2. The lowest BCUT2D eigenvalue weighted by molar-refractivity contribution is -0.137. The van der Waals surface area contributed by atoms with Crippen LogP contribution in [0, 0.1) is 19.7 Å². The zero-order chi connectivity index (χ0) is 30.5. The van der Waals surface area contributed by atoms with E-state index in [0.29, 0.717) is 39.4 Å². The van der Waals surface area contributed by atoms with Crippen LogP contribution in [0.1, 0.15) is 53.9 Å². The van der Waals surface area contributed by atoms with Gasteiger partial charge in [-0.05, 0) is 66.8 Å². The summed E-state index contributed by atoms with van der Waals surface area (Å²) < 4.78 is 24.7. The lowest BCUT2D eigenvalue weighted by Crippen LogP contribution is -2.41. The predicted octanol–water partition coefficient (Wildman–Crippen LogP) is 6.59. The number of halogens is 1. The second kappa shape index (κ2) is 13.2. The van der Waals surface area contributed by atoms with Gasteiger partial charge < -0.3 is 19.7 Å². The van der Waals surface area contributed by atoms with Gasteiger partial charge in [0.15, 0.2) is 16.7 Å². The molecule has 1 atom stereocenters. The molecule has 43 heavy (non-hydrogen) atoms. The molecule has 0 saturated carbocycles. The van der Waals surface area contributed by atoms with Crippen molar-refractivity contribution in [3.8, 4) is 11.5 Å². The van der Waals surface area contributed by atoms with E-state index in [4.69, 9.17) is 9.47 Å². The maximum absolute atomic E-state index is 14.1. The summed E-state index contributed by atoms with van der Waals surface area (Å²) in [6.45, 7) is 8.13. The zero-order valence-corrected chi connectivity index (χ0v) is 25.3. The van der Waals surface area contributed by atoms with Crippen molar-refractivity contribution in [2.75, 3.05) is 17.9 Å². The van der Waals surface area contributed by atoms with E-state index in [1.54, 1.807) is 30.3 Å². The van der Waals surface area contributed by atoms with Crippen LogP contribution in [0.5, 0.6) is 11.5 Å². The van der Waals surface area contributed by atoms with Gasteiger partial charge in [0.05, 0.1) is 5.75 Å². The summed E-state index contributed by atoms with van der Waals surface area (Å²) in [6.07, 6.45) is 0. The number of fused-ring (bicyclic) bond motifs is 1. The maximum Gasteiger partial charge on any atom is 0.251 e. The number of nitrogens with one attached hydrogen (secondary N) is 1. The van der Waals surface area contributed by atoms with Crippen LogP contribution in [0.2, 0.25) is 0 Å². The van der Waals surface area contributed by atoms with Crippen molar-refractivity contribution in [1.82, 2.24) is 14.9 Å². The third kappa shape index (κ3) is 7.50. The van der Waals surface area contributed by atoms with Crippen LogP contribution in [-0.4, -0.2) is 39.2 Å². The van der Waals surface area contributed by atoms with Gasteiger partial charge in [-0.2, -0.15) is 0 Å². The van der Waals surface area contributed by atoms with Gasteiger partial charge in [0, 0.05) is 29.7 Å². The highest BCUT2D eigenvalue weighted by Gasteiger charge is 2.32. The Hall–Kier alpha value is -4.44. The van der Waals surface area contributed by atoms with Gasteiger partial charge in [-0.15, -0.1) is 0 Å². The summed E-state index contributed by atoms with van der Waals surface area (Å²) >= 11 is 1.21. The molecule has 1 aliphatic rings. The van der Waals surface area contributed by atoms with E-state index in [-0.39, 0.29) is 30.8 Å². The van der Waals surface area contributed by atoms with Crippen molar-refractivity contribution >= 4 is 29.3 Å². The smallest absolute Gasteiger partial charge is 0.251 e. The van der Waals surface area contributed by atoms with Gasteiger partial charge in [0.25, 0.3) is 5.91 Å². The van der Waals surface area contributed by atoms with Crippen molar-refractivity contribution < 1.29 is 23.5 Å². The number of hydrogen-bond donors (Lipinski definition) is 1. The van der Waals surface area contributed by atoms with Crippen molar-refractivity contribution in [2.45, 2.75) is 51.4 Å². The Kier molecular flexibility index (Phi) is 9.25. The molecule has 222 valence electrons. The second-order valence-electron chi connectivity index (χ2n) is 10.7. The lowest BCUT2D eigenvalue weighted by atomic mass is 9.97. The van der Waals surface area contributed by atoms with Crippen LogP contribution in [0.4, 0.5) is 10.1 Å². The fraction of sp³-hybridized carbons (Fsp3) is 0.273. The number of nitrogens with zero attached hydrogens (tertiary/aromatic N) is 3. The first-order valence-electron chi connectivity index (χ1n) is 14.0. The standard InChI is InChI=1S/C33H33FN4O4S/c1-20(2)24-7-9-25(10-8-24)31(32(40)37-27-13-14-28-29(16-27)42-19-41-28)38(17-23-5-11-26(34)12-6-23)30(39)18-43-33-35-21(3)15-22(4)36-33/h5-16,20,31H,17-19H2,1-4H3,(H,37,40)/t31-/m0/s1. The first kappa shape index (κ1) is 30.0. The second-order valence-corrected chi connectivity index (χ2v) is 11.6.